The molecule has 3 heterocycles. The number of aryl methyl sites for hydroxylation is 2. The highest BCUT2D eigenvalue weighted by Crippen LogP contribution is 2.44. The van der Waals surface area contributed by atoms with Gasteiger partial charge in [0.25, 0.3) is 0 Å². The SMILES string of the molecule is COC(=O)CCNC(=O)N1Cc2c(sc3c2CCCC3)-n2cccc2C1c1cccc(C)c1. The third-order valence-electron chi connectivity index (χ3n) is 6.63. The van der Waals surface area contributed by atoms with E-state index in [0.717, 1.165) is 29.7 Å². The van der Waals surface area contributed by atoms with Gasteiger partial charge in [0, 0.05) is 23.2 Å². The highest BCUT2D eigenvalue weighted by molar-refractivity contribution is 7.15. The molecule has 0 radical (unpaired) electrons. The molecule has 1 atom stereocenters. The average molecular weight is 464 g/mol. The van der Waals surface area contributed by atoms with Gasteiger partial charge in [-0.2, -0.15) is 0 Å². The van der Waals surface area contributed by atoms with Crippen molar-refractivity contribution in [1.82, 2.24) is 14.8 Å². The van der Waals surface area contributed by atoms with Crippen LogP contribution in [0.25, 0.3) is 5.00 Å². The average Bonchev–Trinajstić information content (AvgIpc) is 3.40. The molecule has 1 aromatic carbocycles. The molecule has 0 saturated heterocycles. The summed E-state index contributed by atoms with van der Waals surface area (Å²) in [5.41, 5.74) is 6.03. The number of ether oxygens (including phenoxy) is 1. The number of urea groups is 1. The van der Waals surface area contributed by atoms with E-state index in [4.69, 9.17) is 4.74 Å². The normalized spacial score (nSPS) is 16.9. The Morgan fingerprint density at radius 3 is 2.82 bits per heavy atom. The molecule has 0 saturated carbocycles. The van der Waals surface area contributed by atoms with Gasteiger partial charge in [0.15, 0.2) is 0 Å². The van der Waals surface area contributed by atoms with Gasteiger partial charge in [0.05, 0.1) is 31.8 Å². The lowest BCUT2D eigenvalue weighted by atomic mass is 9.95. The number of fused-ring (bicyclic) bond motifs is 5. The smallest absolute Gasteiger partial charge is 0.318 e. The summed E-state index contributed by atoms with van der Waals surface area (Å²) in [4.78, 5) is 28.6. The summed E-state index contributed by atoms with van der Waals surface area (Å²) in [6, 6.07) is 12.2. The Kier molecular flexibility index (Phi) is 5.98. The monoisotopic (exact) mass is 463 g/mol. The maximum atomic E-state index is 13.6. The lowest BCUT2D eigenvalue weighted by molar-refractivity contribution is -0.140. The fourth-order valence-corrected chi connectivity index (χ4v) is 6.46. The molecule has 2 amide bonds. The molecule has 172 valence electrons. The number of esters is 1. The molecule has 6 nitrogen and oxygen atoms in total. The predicted molar refractivity (Wildman–Crippen MR) is 129 cm³/mol. The van der Waals surface area contributed by atoms with Crippen LogP contribution in [0.2, 0.25) is 0 Å². The number of nitrogens with one attached hydrogen (secondary N) is 1. The number of hydrogen-bond acceptors (Lipinski definition) is 4. The van der Waals surface area contributed by atoms with Gasteiger partial charge < -0.3 is 19.5 Å². The second kappa shape index (κ2) is 9.06. The van der Waals surface area contributed by atoms with Crippen LogP contribution in [0.3, 0.4) is 0 Å². The van der Waals surface area contributed by atoms with E-state index in [9.17, 15) is 9.59 Å². The molecule has 0 spiro atoms. The summed E-state index contributed by atoms with van der Waals surface area (Å²) < 4.78 is 7.01. The molecule has 2 aromatic heterocycles. The molecular weight excluding hydrogens is 434 g/mol. The maximum absolute atomic E-state index is 13.6. The third kappa shape index (κ3) is 4.06. The molecule has 1 N–H and O–H groups in total. The molecule has 33 heavy (non-hydrogen) atoms. The van der Waals surface area contributed by atoms with E-state index in [-0.39, 0.29) is 31.0 Å². The van der Waals surface area contributed by atoms with Crippen molar-refractivity contribution < 1.29 is 14.3 Å². The van der Waals surface area contributed by atoms with Gasteiger partial charge in [0.2, 0.25) is 0 Å². The second-order valence-electron chi connectivity index (χ2n) is 8.80. The van der Waals surface area contributed by atoms with Crippen molar-refractivity contribution in [1.29, 1.82) is 0 Å². The Hall–Kier alpha value is -3.06. The highest BCUT2D eigenvalue weighted by Gasteiger charge is 2.36. The van der Waals surface area contributed by atoms with Crippen LogP contribution in [0, 0.1) is 6.92 Å². The minimum atomic E-state index is -0.329. The highest BCUT2D eigenvalue weighted by atomic mass is 32.1. The predicted octanol–water partition coefficient (Wildman–Crippen LogP) is 4.90. The van der Waals surface area contributed by atoms with Crippen LogP contribution in [0.15, 0.2) is 42.6 Å². The summed E-state index contributed by atoms with van der Waals surface area (Å²) in [5, 5.41) is 4.21. The standard InChI is InChI=1S/C26H29N3O3S/c1-17-7-5-8-18(15-17)24-21-10-6-14-28(21)25-20(19-9-3-4-11-22(19)33-25)16-29(24)26(31)27-13-12-23(30)32-2/h5-8,10,14-15,24H,3-4,9,11-13,16H2,1-2H3,(H,27,31). The zero-order valence-electron chi connectivity index (χ0n) is 19.1. The van der Waals surface area contributed by atoms with Gasteiger partial charge in [-0.25, -0.2) is 4.79 Å². The minimum Gasteiger partial charge on any atom is -0.469 e. The second-order valence-corrected chi connectivity index (χ2v) is 9.88. The summed E-state index contributed by atoms with van der Waals surface area (Å²) in [7, 11) is 1.36. The quantitative estimate of drug-likeness (QED) is 0.560. The Labute approximate surface area is 198 Å². The molecule has 7 heteroatoms. The number of amides is 2. The number of nitrogens with zero attached hydrogens (tertiary/aromatic N) is 2. The van der Waals surface area contributed by atoms with Crippen molar-refractivity contribution in [3.8, 4) is 5.00 Å². The molecule has 0 bridgehead atoms. The molecule has 5 rings (SSSR count). The minimum absolute atomic E-state index is 0.153. The zero-order chi connectivity index (χ0) is 22.9. The van der Waals surface area contributed by atoms with Crippen LogP contribution in [-0.4, -0.2) is 35.1 Å². The molecular formula is C26H29N3O3S. The van der Waals surface area contributed by atoms with Crippen LogP contribution in [0.4, 0.5) is 4.79 Å². The van der Waals surface area contributed by atoms with Crippen molar-refractivity contribution >= 4 is 23.3 Å². The van der Waals surface area contributed by atoms with Crippen molar-refractivity contribution in [2.24, 2.45) is 0 Å². The lowest BCUT2D eigenvalue weighted by Crippen LogP contribution is -2.42. The van der Waals surface area contributed by atoms with E-state index in [2.05, 4.69) is 53.3 Å². The fraction of sp³-hybridized carbons (Fsp3) is 0.385. The van der Waals surface area contributed by atoms with Crippen LogP contribution >= 0.6 is 11.3 Å². The first-order valence-electron chi connectivity index (χ1n) is 11.6. The van der Waals surface area contributed by atoms with Gasteiger partial charge >= 0.3 is 12.0 Å². The molecule has 1 aliphatic carbocycles. The first kappa shape index (κ1) is 21.8. The van der Waals surface area contributed by atoms with Crippen molar-refractivity contribution in [3.63, 3.8) is 0 Å². The first-order chi connectivity index (χ1) is 16.1. The topological polar surface area (TPSA) is 63.6 Å². The van der Waals surface area contributed by atoms with Crippen LogP contribution in [0.5, 0.6) is 0 Å². The van der Waals surface area contributed by atoms with Crippen molar-refractivity contribution in [2.45, 2.75) is 51.6 Å². The number of methoxy groups -OCH3 is 1. The summed E-state index contributed by atoms with van der Waals surface area (Å²) in [6.45, 7) is 2.87. The number of rotatable bonds is 4. The molecule has 0 fully saturated rings. The van der Waals surface area contributed by atoms with Crippen molar-refractivity contribution in [2.75, 3.05) is 13.7 Å². The third-order valence-corrected chi connectivity index (χ3v) is 7.96. The molecule has 3 aromatic rings. The molecule has 2 aliphatic rings. The van der Waals surface area contributed by atoms with Crippen LogP contribution in [0.1, 0.15) is 58.1 Å². The van der Waals surface area contributed by atoms with Gasteiger partial charge in [-0.05, 0) is 55.9 Å². The Morgan fingerprint density at radius 1 is 1.15 bits per heavy atom. The Bertz CT molecular complexity index is 1200. The van der Waals surface area contributed by atoms with Crippen LogP contribution in [-0.2, 0) is 28.9 Å². The Balaban J connectivity index is 1.59. The number of benzene rings is 1. The summed E-state index contributed by atoms with van der Waals surface area (Å²) >= 11 is 1.88. The summed E-state index contributed by atoms with van der Waals surface area (Å²) in [5.74, 6) is -0.329. The van der Waals surface area contributed by atoms with E-state index in [0.29, 0.717) is 6.54 Å². The number of carbonyl (C=O) groups is 2. The Morgan fingerprint density at radius 2 is 2.00 bits per heavy atom. The zero-order valence-corrected chi connectivity index (χ0v) is 19.9. The fourth-order valence-electron chi connectivity index (χ4n) is 5.05. The first-order valence-corrected chi connectivity index (χ1v) is 12.4. The van der Waals surface area contributed by atoms with Crippen molar-refractivity contribution in [3.05, 3.63) is 75.4 Å². The van der Waals surface area contributed by atoms with Gasteiger partial charge in [-0.1, -0.05) is 29.8 Å². The van der Waals surface area contributed by atoms with E-state index in [1.165, 1.54) is 41.0 Å². The molecule has 1 unspecified atom stereocenters. The van der Waals surface area contributed by atoms with Gasteiger partial charge in [0.1, 0.15) is 5.00 Å². The van der Waals surface area contributed by atoms with E-state index in [1.807, 2.05) is 22.3 Å². The number of hydrogen-bond donors (Lipinski definition) is 1. The number of thiophene rings is 1. The van der Waals surface area contributed by atoms with E-state index < -0.39 is 0 Å². The number of carbonyl (C=O) groups excluding carboxylic acids is 2. The largest absolute Gasteiger partial charge is 0.469 e. The van der Waals surface area contributed by atoms with Crippen LogP contribution < -0.4 is 5.32 Å². The molecule has 1 aliphatic heterocycles. The number of aromatic nitrogens is 1. The van der Waals surface area contributed by atoms with E-state index in [1.54, 1.807) is 0 Å². The van der Waals surface area contributed by atoms with Gasteiger partial charge in [-0.3, -0.25) is 4.79 Å². The van der Waals surface area contributed by atoms with Gasteiger partial charge in [-0.15, -0.1) is 11.3 Å². The van der Waals surface area contributed by atoms with E-state index >= 15 is 0 Å². The lowest BCUT2D eigenvalue weighted by Gasteiger charge is -2.31. The maximum Gasteiger partial charge on any atom is 0.318 e. The summed E-state index contributed by atoms with van der Waals surface area (Å²) in [6.07, 6.45) is 6.90.